The molecule has 5 rings (SSSR count). The normalized spacial score (nSPS) is 10.7. The molecule has 0 aliphatic heterocycles. The van der Waals surface area contributed by atoms with Crippen LogP contribution in [0.3, 0.4) is 0 Å². The minimum absolute atomic E-state index is 0.0816. The molecule has 0 saturated carbocycles. The van der Waals surface area contributed by atoms with Crippen molar-refractivity contribution in [2.75, 3.05) is 0 Å². The molecule has 0 radical (unpaired) electrons. The molecule has 0 unspecified atom stereocenters. The maximum atomic E-state index is 11.9. The predicted molar refractivity (Wildman–Crippen MR) is 123 cm³/mol. The lowest BCUT2D eigenvalue weighted by Crippen LogP contribution is -2.05. The van der Waals surface area contributed by atoms with Gasteiger partial charge in [0.1, 0.15) is 22.7 Å². The van der Waals surface area contributed by atoms with Crippen LogP contribution < -0.4 is 11.3 Å². The highest BCUT2D eigenvalue weighted by Crippen LogP contribution is 2.24. The number of aromatic hydroxyl groups is 2. The number of hydrogen-bond acceptors (Lipinski definition) is 6. The van der Waals surface area contributed by atoms with Gasteiger partial charge in [0.15, 0.2) is 0 Å². The Labute approximate surface area is 182 Å². The van der Waals surface area contributed by atoms with E-state index in [1.54, 1.807) is 37.3 Å². The molecule has 5 aromatic rings. The second kappa shape index (κ2) is 8.43. The van der Waals surface area contributed by atoms with Gasteiger partial charge in [0.25, 0.3) is 0 Å². The second-order valence-electron chi connectivity index (χ2n) is 7.36. The van der Waals surface area contributed by atoms with E-state index in [0.29, 0.717) is 22.3 Å². The van der Waals surface area contributed by atoms with Gasteiger partial charge in [-0.15, -0.1) is 0 Å². The van der Waals surface area contributed by atoms with E-state index in [1.165, 1.54) is 12.1 Å². The van der Waals surface area contributed by atoms with Gasteiger partial charge in [-0.2, -0.15) is 0 Å². The Morgan fingerprint density at radius 2 is 1.28 bits per heavy atom. The van der Waals surface area contributed by atoms with Crippen LogP contribution in [0.15, 0.2) is 91.2 Å². The monoisotopic (exact) mass is 428 g/mol. The van der Waals surface area contributed by atoms with Crippen LogP contribution in [0.1, 0.15) is 11.1 Å². The van der Waals surface area contributed by atoms with Crippen LogP contribution >= 0.6 is 0 Å². The van der Waals surface area contributed by atoms with Crippen molar-refractivity contribution in [3.05, 3.63) is 105 Å². The van der Waals surface area contributed by atoms with Gasteiger partial charge in [-0.25, -0.2) is 9.59 Å². The van der Waals surface area contributed by atoms with Gasteiger partial charge in [-0.1, -0.05) is 30.3 Å². The van der Waals surface area contributed by atoms with Crippen molar-refractivity contribution in [2.45, 2.75) is 13.8 Å². The van der Waals surface area contributed by atoms with Gasteiger partial charge in [-0.3, -0.25) is 0 Å². The van der Waals surface area contributed by atoms with E-state index in [2.05, 4.69) is 0 Å². The molecule has 2 N–H and O–H groups in total. The Morgan fingerprint density at radius 1 is 0.656 bits per heavy atom. The van der Waals surface area contributed by atoms with Gasteiger partial charge < -0.3 is 19.0 Å². The van der Waals surface area contributed by atoms with E-state index in [-0.39, 0.29) is 17.1 Å². The second-order valence-corrected chi connectivity index (χ2v) is 7.36. The molecule has 0 fully saturated rings. The van der Waals surface area contributed by atoms with E-state index < -0.39 is 5.63 Å². The topological polar surface area (TPSA) is 101 Å². The first-order chi connectivity index (χ1) is 15.3. The molecule has 6 heteroatoms. The van der Waals surface area contributed by atoms with Gasteiger partial charge in [0.2, 0.25) is 0 Å². The first kappa shape index (κ1) is 20.9. The largest absolute Gasteiger partial charge is 0.508 e. The predicted octanol–water partition coefficient (Wildman–Crippen LogP) is 5.28. The Morgan fingerprint density at radius 3 is 2.00 bits per heavy atom. The SMILES string of the molecule is Cc1c(C)c2ccc(O)cc2oc1=O.O=c1oc2cc(O)ccc2cc1-c1ccccc1. The first-order valence-corrected chi connectivity index (χ1v) is 9.89. The molecule has 0 aliphatic carbocycles. The van der Waals surface area contributed by atoms with Crippen molar-refractivity contribution in [1.82, 2.24) is 0 Å². The van der Waals surface area contributed by atoms with Crippen molar-refractivity contribution < 1.29 is 19.0 Å². The fourth-order valence-corrected chi connectivity index (χ4v) is 3.36. The van der Waals surface area contributed by atoms with Crippen molar-refractivity contribution in [2.24, 2.45) is 0 Å². The third kappa shape index (κ3) is 4.11. The van der Waals surface area contributed by atoms with E-state index in [4.69, 9.17) is 8.83 Å². The van der Waals surface area contributed by atoms with Gasteiger partial charge in [0.05, 0.1) is 5.56 Å². The molecule has 0 aliphatic rings. The Kier molecular flexibility index (Phi) is 5.52. The fourth-order valence-electron chi connectivity index (χ4n) is 3.36. The minimum atomic E-state index is -0.403. The number of hydrogen-bond donors (Lipinski definition) is 2. The maximum Gasteiger partial charge on any atom is 0.344 e. The quantitative estimate of drug-likeness (QED) is 0.352. The van der Waals surface area contributed by atoms with Crippen LogP contribution in [-0.4, -0.2) is 10.2 Å². The van der Waals surface area contributed by atoms with E-state index in [0.717, 1.165) is 21.9 Å². The molecule has 32 heavy (non-hydrogen) atoms. The van der Waals surface area contributed by atoms with Gasteiger partial charge >= 0.3 is 11.3 Å². The average Bonchev–Trinajstić information content (AvgIpc) is 2.78. The highest BCUT2D eigenvalue weighted by atomic mass is 16.4. The van der Waals surface area contributed by atoms with Crippen LogP contribution in [0.25, 0.3) is 33.1 Å². The molecule has 6 nitrogen and oxygen atoms in total. The smallest absolute Gasteiger partial charge is 0.344 e. The van der Waals surface area contributed by atoms with Crippen molar-refractivity contribution >= 4 is 21.9 Å². The van der Waals surface area contributed by atoms with Crippen LogP contribution in [-0.2, 0) is 0 Å². The van der Waals surface area contributed by atoms with Crippen molar-refractivity contribution in [1.29, 1.82) is 0 Å². The zero-order chi connectivity index (χ0) is 22.8. The Hall–Kier alpha value is -4.32. The highest BCUT2D eigenvalue weighted by Gasteiger charge is 2.08. The average molecular weight is 428 g/mol. The van der Waals surface area contributed by atoms with E-state index in [9.17, 15) is 19.8 Å². The fraction of sp³-hybridized carbons (Fsp3) is 0.0769. The minimum Gasteiger partial charge on any atom is -0.508 e. The molecule has 0 amide bonds. The van der Waals surface area contributed by atoms with Crippen LogP contribution in [0.5, 0.6) is 11.5 Å². The molecule has 3 aromatic carbocycles. The summed E-state index contributed by atoms with van der Waals surface area (Å²) in [4.78, 5) is 23.2. The van der Waals surface area contributed by atoms with Crippen molar-refractivity contribution in [3.8, 4) is 22.6 Å². The van der Waals surface area contributed by atoms with E-state index >= 15 is 0 Å². The number of benzene rings is 3. The zero-order valence-corrected chi connectivity index (χ0v) is 17.5. The van der Waals surface area contributed by atoms with E-state index in [1.807, 2.05) is 37.3 Å². The summed E-state index contributed by atoms with van der Waals surface area (Å²) in [6.07, 6.45) is 0. The summed E-state index contributed by atoms with van der Waals surface area (Å²) in [5.41, 5.74) is 2.92. The number of phenols is 2. The molecule has 0 spiro atoms. The maximum absolute atomic E-state index is 11.9. The summed E-state index contributed by atoms with van der Waals surface area (Å²) in [7, 11) is 0. The summed E-state index contributed by atoms with van der Waals surface area (Å²) in [6.45, 7) is 3.60. The Bertz CT molecular complexity index is 1540. The lowest BCUT2D eigenvalue weighted by atomic mass is 10.1. The molecular weight excluding hydrogens is 408 g/mol. The first-order valence-electron chi connectivity index (χ1n) is 9.89. The number of phenolic OH excluding ortho intramolecular Hbond substituents is 2. The van der Waals surface area contributed by atoms with Gasteiger partial charge in [0, 0.05) is 28.5 Å². The third-order valence-corrected chi connectivity index (χ3v) is 5.24. The molecule has 0 saturated heterocycles. The molecule has 2 heterocycles. The third-order valence-electron chi connectivity index (χ3n) is 5.24. The summed E-state index contributed by atoms with van der Waals surface area (Å²) < 4.78 is 10.3. The van der Waals surface area contributed by atoms with Crippen LogP contribution in [0.4, 0.5) is 0 Å². The Balaban J connectivity index is 0.000000158. The summed E-state index contributed by atoms with van der Waals surface area (Å²) in [5, 5.41) is 20.2. The zero-order valence-electron chi connectivity index (χ0n) is 17.5. The number of fused-ring (bicyclic) bond motifs is 2. The molecule has 160 valence electrons. The molecular formula is C26H20O6. The van der Waals surface area contributed by atoms with Crippen LogP contribution in [0.2, 0.25) is 0 Å². The van der Waals surface area contributed by atoms with Crippen molar-refractivity contribution in [3.63, 3.8) is 0 Å². The molecule has 0 bridgehead atoms. The van der Waals surface area contributed by atoms with Gasteiger partial charge in [-0.05, 0) is 55.3 Å². The lowest BCUT2D eigenvalue weighted by Gasteiger charge is -2.03. The van der Waals surface area contributed by atoms with Crippen LogP contribution in [0, 0.1) is 13.8 Å². The summed E-state index contributed by atoms with van der Waals surface area (Å²) >= 11 is 0. The highest BCUT2D eigenvalue weighted by molar-refractivity contribution is 5.83. The number of rotatable bonds is 1. The number of aryl methyl sites for hydroxylation is 1. The standard InChI is InChI=1S/C15H10O3.C11H10O3/c16-12-7-6-11-8-13(10-4-2-1-3-5-10)15(17)18-14(11)9-12;1-6-7(2)11(13)14-10-5-8(12)3-4-9(6)10/h1-9,16H;3-5,12H,1-2H3. The molecule has 2 aromatic heterocycles. The molecule has 0 atom stereocenters. The lowest BCUT2D eigenvalue weighted by molar-refractivity contribution is 0.472. The summed E-state index contributed by atoms with van der Waals surface area (Å²) in [5.74, 6) is 0.182. The summed E-state index contributed by atoms with van der Waals surface area (Å²) in [6, 6.07) is 20.6.